The third-order valence-electron chi connectivity index (χ3n) is 14.0. The van der Waals surface area contributed by atoms with Crippen molar-refractivity contribution in [3.8, 4) is 0 Å². The number of hydrogen-bond donors (Lipinski definition) is 0. The Bertz CT molecular complexity index is 3670. The van der Waals surface area contributed by atoms with E-state index in [4.69, 9.17) is 4.99 Å². The number of aliphatic imine (C=N–C) groups is 1. The maximum Gasteiger partial charge on any atom is 0.122 e. The predicted molar refractivity (Wildman–Crippen MR) is 255 cm³/mol. The molecule has 0 fully saturated rings. The van der Waals surface area contributed by atoms with Gasteiger partial charge in [0.1, 0.15) is 5.84 Å². The molecule has 0 spiro atoms. The van der Waals surface area contributed by atoms with Crippen molar-refractivity contribution in [2.75, 3.05) is 0 Å². The van der Waals surface area contributed by atoms with Crippen LogP contribution in [0.25, 0.3) is 90.8 Å². The van der Waals surface area contributed by atoms with Crippen molar-refractivity contribution in [3.63, 3.8) is 0 Å². The second kappa shape index (κ2) is 12.0. The summed E-state index contributed by atoms with van der Waals surface area (Å²) in [6, 6.07) is 61.5. The molecule has 2 atom stereocenters. The van der Waals surface area contributed by atoms with Gasteiger partial charge in [-0.25, -0.2) is 4.99 Å². The average molecular weight is 773 g/mol. The molecule has 2 unspecified atom stereocenters. The molecular formula is C56H40N2S. The number of benzene rings is 9. The molecule has 1 aliphatic carbocycles. The summed E-state index contributed by atoms with van der Waals surface area (Å²) < 4.78 is 5.29. The summed E-state index contributed by atoms with van der Waals surface area (Å²) >= 11 is 1.91. The highest BCUT2D eigenvalue weighted by atomic mass is 32.1. The number of rotatable bonds is 1. The zero-order valence-corrected chi connectivity index (χ0v) is 34.1. The van der Waals surface area contributed by atoms with Crippen molar-refractivity contribution in [1.82, 2.24) is 4.57 Å². The van der Waals surface area contributed by atoms with E-state index in [0.29, 0.717) is 0 Å². The van der Waals surface area contributed by atoms with E-state index >= 15 is 0 Å². The highest BCUT2D eigenvalue weighted by Gasteiger charge is 2.43. The fourth-order valence-electron chi connectivity index (χ4n) is 11.4. The molecule has 3 heteroatoms. The van der Waals surface area contributed by atoms with Crippen LogP contribution in [-0.2, 0) is 5.41 Å². The van der Waals surface area contributed by atoms with Gasteiger partial charge in [-0.05, 0) is 79.6 Å². The summed E-state index contributed by atoms with van der Waals surface area (Å²) in [5, 5.41) is 15.5. The molecule has 59 heavy (non-hydrogen) atoms. The van der Waals surface area contributed by atoms with Gasteiger partial charge in [0.25, 0.3) is 0 Å². The summed E-state index contributed by atoms with van der Waals surface area (Å²) in [6.07, 6.45) is 0.963. The molecule has 0 amide bonds. The van der Waals surface area contributed by atoms with Crippen LogP contribution in [0, 0.1) is 5.92 Å². The lowest BCUT2D eigenvalue weighted by Gasteiger charge is -2.30. The lowest BCUT2D eigenvalue weighted by atomic mass is 9.74. The van der Waals surface area contributed by atoms with Gasteiger partial charge < -0.3 is 0 Å². The van der Waals surface area contributed by atoms with Crippen molar-refractivity contribution in [2.45, 2.75) is 38.5 Å². The molecule has 0 saturated carbocycles. The Balaban J connectivity index is 1.25. The van der Waals surface area contributed by atoms with E-state index in [1.54, 1.807) is 0 Å². The first-order valence-electron chi connectivity index (χ1n) is 21.0. The zero-order chi connectivity index (χ0) is 39.1. The molecular weight excluding hydrogens is 733 g/mol. The summed E-state index contributed by atoms with van der Waals surface area (Å²) in [5.41, 5.74) is 8.92. The second-order valence-corrected chi connectivity index (χ2v) is 18.5. The van der Waals surface area contributed by atoms with Crippen molar-refractivity contribution in [2.24, 2.45) is 10.9 Å². The van der Waals surface area contributed by atoms with Gasteiger partial charge in [0, 0.05) is 58.6 Å². The Morgan fingerprint density at radius 3 is 1.98 bits per heavy atom. The molecule has 9 aromatic carbocycles. The van der Waals surface area contributed by atoms with Crippen LogP contribution in [0.4, 0.5) is 0 Å². The average Bonchev–Trinajstić information content (AvgIpc) is 3.85. The Kier molecular flexibility index (Phi) is 6.80. The number of nitrogens with zero attached hydrogens (tertiary/aromatic N) is 2. The van der Waals surface area contributed by atoms with E-state index in [-0.39, 0.29) is 17.3 Å². The third kappa shape index (κ3) is 4.43. The molecule has 2 aliphatic rings. The smallest absolute Gasteiger partial charge is 0.122 e. The molecule has 2 aromatic heterocycles. The van der Waals surface area contributed by atoms with Crippen LogP contribution in [0.2, 0.25) is 0 Å². The van der Waals surface area contributed by atoms with Gasteiger partial charge in [-0.1, -0.05) is 166 Å². The second-order valence-electron chi connectivity index (χ2n) is 17.4. The Labute approximate surface area is 346 Å². The van der Waals surface area contributed by atoms with Crippen LogP contribution in [0.1, 0.15) is 49.8 Å². The van der Waals surface area contributed by atoms with E-state index in [1.807, 2.05) is 11.3 Å². The standard InChI is InChI=1S/C56H40N2S/c1-32-31-45-53(40-21-10-12-24-44(40)56(45,2)3)57-55(49(32)42-23-14-26-48-50(42)41-22-11-13-25-47(41)59-48)58-46-30-29-39-37-19-7-6-17-35(37)36-18-8-9-20-38(36)51(39)52(46)43-28-27-33-15-4-5-16-34(33)54(43)58/h4-30,32,49H,31H2,1-3H3. The van der Waals surface area contributed by atoms with Gasteiger partial charge >= 0.3 is 0 Å². The first kappa shape index (κ1) is 33.4. The van der Waals surface area contributed by atoms with Crippen molar-refractivity contribution >= 4 is 108 Å². The zero-order valence-electron chi connectivity index (χ0n) is 33.3. The fourth-order valence-corrected chi connectivity index (χ4v) is 12.5. The first-order chi connectivity index (χ1) is 29.0. The monoisotopic (exact) mass is 772 g/mol. The Hall–Kier alpha value is -6.55. The van der Waals surface area contributed by atoms with Crippen LogP contribution < -0.4 is 0 Å². The summed E-state index contributed by atoms with van der Waals surface area (Å²) in [5.74, 6) is 1.37. The number of hydrogen-bond acceptors (Lipinski definition) is 2. The van der Waals surface area contributed by atoms with Crippen LogP contribution in [0.15, 0.2) is 174 Å². The van der Waals surface area contributed by atoms with Crippen molar-refractivity contribution in [1.29, 1.82) is 0 Å². The largest absolute Gasteiger partial charge is 0.296 e. The number of allylic oxidation sites excluding steroid dienone is 1. The SMILES string of the molecule is CC1CC2=C(N=C(n3c4ccc5c6ccccc6c6ccccc6c5c4c4ccc5ccccc5c43)C1c1cccc3sc4ccccc4c13)c1ccccc1C2(C)C. The quantitative estimate of drug-likeness (QED) is 0.148. The maximum absolute atomic E-state index is 6.16. The van der Waals surface area contributed by atoms with Crippen LogP contribution in [0.3, 0.4) is 0 Å². The van der Waals surface area contributed by atoms with E-state index in [2.05, 4.69) is 189 Å². The van der Waals surface area contributed by atoms with E-state index < -0.39 is 0 Å². The molecule has 3 heterocycles. The van der Waals surface area contributed by atoms with Crippen molar-refractivity contribution in [3.05, 3.63) is 186 Å². The van der Waals surface area contributed by atoms with Crippen LogP contribution in [-0.4, -0.2) is 10.4 Å². The lowest BCUT2D eigenvalue weighted by Crippen LogP contribution is -2.27. The summed E-state index contributed by atoms with van der Waals surface area (Å²) in [4.78, 5) is 6.16. The van der Waals surface area contributed by atoms with E-state index in [9.17, 15) is 0 Å². The topological polar surface area (TPSA) is 17.3 Å². The highest BCUT2D eigenvalue weighted by molar-refractivity contribution is 7.25. The van der Waals surface area contributed by atoms with E-state index in [1.165, 1.54) is 107 Å². The van der Waals surface area contributed by atoms with Gasteiger partial charge in [-0.3, -0.25) is 4.57 Å². The van der Waals surface area contributed by atoms with Crippen molar-refractivity contribution < 1.29 is 0 Å². The predicted octanol–water partition coefficient (Wildman–Crippen LogP) is 15.5. The minimum Gasteiger partial charge on any atom is -0.296 e. The lowest BCUT2D eigenvalue weighted by molar-refractivity contribution is 0.493. The summed E-state index contributed by atoms with van der Waals surface area (Å²) in [7, 11) is 0. The molecule has 1 aliphatic heterocycles. The minimum absolute atomic E-state index is 0.00656. The van der Waals surface area contributed by atoms with Crippen LogP contribution in [0.5, 0.6) is 0 Å². The van der Waals surface area contributed by atoms with Crippen LogP contribution >= 0.6 is 11.3 Å². The Morgan fingerprint density at radius 1 is 0.542 bits per heavy atom. The molecule has 0 radical (unpaired) electrons. The molecule has 11 aromatic rings. The molecule has 13 rings (SSSR count). The summed E-state index contributed by atoms with van der Waals surface area (Å²) in [6.45, 7) is 7.32. The van der Waals surface area contributed by atoms with E-state index in [0.717, 1.165) is 18.0 Å². The molecule has 2 nitrogen and oxygen atoms in total. The third-order valence-corrected chi connectivity index (χ3v) is 15.2. The van der Waals surface area contributed by atoms with Gasteiger partial charge in [0.2, 0.25) is 0 Å². The maximum atomic E-state index is 6.16. The van der Waals surface area contributed by atoms with Gasteiger partial charge in [0.05, 0.1) is 16.7 Å². The normalized spacial score (nSPS) is 17.8. The fraction of sp³-hybridized carbons (Fsp3) is 0.125. The Morgan fingerprint density at radius 2 is 1.17 bits per heavy atom. The van der Waals surface area contributed by atoms with Gasteiger partial charge in [-0.2, -0.15) is 0 Å². The number of aromatic nitrogens is 1. The molecule has 0 N–H and O–H groups in total. The molecule has 0 bridgehead atoms. The molecule has 280 valence electrons. The minimum atomic E-state index is -0.130. The first-order valence-corrected chi connectivity index (χ1v) is 21.8. The number of thiophene rings is 1. The van der Waals surface area contributed by atoms with Gasteiger partial charge in [0.15, 0.2) is 0 Å². The number of fused-ring (bicyclic) bond motifs is 17. The molecule has 0 saturated heterocycles. The van der Waals surface area contributed by atoms with Gasteiger partial charge in [-0.15, -0.1) is 11.3 Å². The highest BCUT2D eigenvalue weighted by Crippen LogP contribution is 2.54.